The highest BCUT2D eigenvalue weighted by atomic mass is 35.5. The summed E-state index contributed by atoms with van der Waals surface area (Å²) in [5.74, 6) is -0.493. The van der Waals surface area contributed by atoms with Crippen LogP contribution in [0.4, 0.5) is 11.4 Å². The van der Waals surface area contributed by atoms with Crippen LogP contribution in [0.15, 0.2) is 30.5 Å². The number of rotatable bonds is 8. The van der Waals surface area contributed by atoms with Crippen LogP contribution in [-0.4, -0.2) is 82.9 Å². The van der Waals surface area contributed by atoms with Gasteiger partial charge in [-0.05, 0) is 12.1 Å². The van der Waals surface area contributed by atoms with Crippen LogP contribution >= 0.6 is 11.6 Å². The van der Waals surface area contributed by atoms with Gasteiger partial charge in [0.2, 0.25) is 0 Å². The number of nitrogens with one attached hydrogen (secondary N) is 2. The van der Waals surface area contributed by atoms with Gasteiger partial charge >= 0.3 is 0 Å². The van der Waals surface area contributed by atoms with Crippen LogP contribution in [0.25, 0.3) is 11.3 Å². The molecule has 1 aliphatic rings. The van der Waals surface area contributed by atoms with E-state index in [9.17, 15) is 4.79 Å². The number of morpholine rings is 1. The molecule has 2 N–H and O–H groups in total. The number of carbonyl (C=O) groups is 1. The monoisotopic (exact) mass is 475 g/mol. The maximum atomic E-state index is 12.5. The Labute approximate surface area is 200 Å². The first-order valence-electron chi connectivity index (χ1n) is 11.7. The number of aromatic nitrogens is 5. The third kappa shape index (κ3) is 5.38. The molecule has 2 aromatic heterocycles. The van der Waals surface area contributed by atoms with Crippen molar-refractivity contribution in [3.63, 3.8) is 0 Å². The van der Waals surface area contributed by atoms with Crippen LogP contribution in [0.3, 0.4) is 0 Å². The first kappa shape index (κ1) is 19.2. The van der Waals surface area contributed by atoms with E-state index in [1.54, 1.807) is 16.8 Å². The molecule has 1 amide bonds. The molecular weight excluding hydrogens is 448 g/mol. The SMILES string of the molecule is [2H]C([2H])([2H])NC(=O)c1nnc(Cl)cc1Nc1cccc(-c2cn(CCN3CCOCC3)nn2)c1OC. The van der Waals surface area contributed by atoms with Gasteiger partial charge in [-0.2, -0.15) is 0 Å². The Morgan fingerprint density at radius 3 is 2.88 bits per heavy atom. The van der Waals surface area contributed by atoms with Gasteiger partial charge in [-0.15, -0.1) is 15.3 Å². The summed E-state index contributed by atoms with van der Waals surface area (Å²) in [7, 11) is 1.51. The molecule has 1 fully saturated rings. The molecule has 0 atom stereocenters. The lowest BCUT2D eigenvalue weighted by Gasteiger charge is -2.26. The summed E-state index contributed by atoms with van der Waals surface area (Å²) >= 11 is 5.99. The second kappa shape index (κ2) is 10.6. The molecule has 174 valence electrons. The largest absolute Gasteiger partial charge is 0.494 e. The van der Waals surface area contributed by atoms with Crippen LogP contribution in [0.1, 0.15) is 14.6 Å². The van der Waals surface area contributed by atoms with E-state index in [4.69, 9.17) is 25.2 Å². The molecule has 4 rings (SSSR count). The summed E-state index contributed by atoms with van der Waals surface area (Å²) in [6, 6.07) is 6.72. The molecule has 11 nitrogen and oxygen atoms in total. The molecule has 0 saturated carbocycles. The second-order valence-electron chi connectivity index (χ2n) is 7.22. The molecule has 1 saturated heterocycles. The lowest BCUT2D eigenvalue weighted by molar-refractivity contribution is 0.0359. The number of amides is 1. The fourth-order valence-corrected chi connectivity index (χ4v) is 3.64. The van der Waals surface area contributed by atoms with Crippen molar-refractivity contribution in [3.05, 3.63) is 41.3 Å². The van der Waals surface area contributed by atoms with Gasteiger partial charge in [-0.1, -0.05) is 22.9 Å². The van der Waals surface area contributed by atoms with Gasteiger partial charge in [0, 0.05) is 42.4 Å². The Bertz CT molecular complexity index is 1220. The number of halogens is 1. The van der Waals surface area contributed by atoms with Crippen molar-refractivity contribution in [3.8, 4) is 17.0 Å². The zero-order valence-corrected chi connectivity index (χ0v) is 18.7. The third-order valence-corrected chi connectivity index (χ3v) is 5.33. The van der Waals surface area contributed by atoms with Crippen LogP contribution in [0, 0.1) is 0 Å². The number of ether oxygens (including phenoxy) is 2. The van der Waals surface area contributed by atoms with Crippen LogP contribution < -0.4 is 15.4 Å². The van der Waals surface area contributed by atoms with E-state index >= 15 is 0 Å². The quantitative estimate of drug-likeness (QED) is 0.502. The highest BCUT2D eigenvalue weighted by Gasteiger charge is 2.19. The van der Waals surface area contributed by atoms with Gasteiger partial charge in [0.25, 0.3) is 5.91 Å². The van der Waals surface area contributed by atoms with Gasteiger partial charge in [-0.25, -0.2) is 0 Å². The molecule has 0 spiro atoms. The number of anilines is 2. The van der Waals surface area contributed by atoms with E-state index in [0.717, 1.165) is 32.8 Å². The van der Waals surface area contributed by atoms with Gasteiger partial charge < -0.3 is 20.1 Å². The van der Waals surface area contributed by atoms with Crippen molar-refractivity contribution in [1.29, 1.82) is 0 Å². The van der Waals surface area contributed by atoms with Gasteiger partial charge in [0.15, 0.2) is 16.6 Å². The third-order valence-electron chi connectivity index (χ3n) is 5.14. The van der Waals surface area contributed by atoms with Gasteiger partial charge in [-0.3, -0.25) is 14.4 Å². The Balaban J connectivity index is 1.57. The normalized spacial score (nSPS) is 15.9. The average Bonchev–Trinajstić information content (AvgIpc) is 3.31. The maximum absolute atomic E-state index is 12.5. The maximum Gasteiger partial charge on any atom is 0.273 e. The zero-order chi connectivity index (χ0) is 25.7. The number of hydrogen-bond donors (Lipinski definition) is 2. The van der Waals surface area contributed by atoms with Crippen molar-refractivity contribution in [1.82, 2.24) is 35.4 Å². The number of carbonyl (C=O) groups excluding carboxylic acids is 1. The highest BCUT2D eigenvalue weighted by Crippen LogP contribution is 2.37. The fraction of sp³-hybridized carbons (Fsp3) is 0.381. The molecule has 12 heteroatoms. The first-order chi connectivity index (χ1) is 17.2. The van der Waals surface area contributed by atoms with Crippen molar-refractivity contribution in [2.24, 2.45) is 0 Å². The summed E-state index contributed by atoms with van der Waals surface area (Å²) in [6.07, 6.45) is 1.84. The summed E-state index contributed by atoms with van der Waals surface area (Å²) in [5, 5.41) is 20.9. The van der Waals surface area contributed by atoms with Crippen molar-refractivity contribution < 1.29 is 18.4 Å². The second-order valence-corrected chi connectivity index (χ2v) is 7.60. The van der Waals surface area contributed by atoms with E-state index in [2.05, 4.69) is 30.7 Å². The number of nitrogens with zero attached hydrogens (tertiary/aromatic N) is 6. The van der Waals surface area contributed by atoms with E-state index in [1.165, 1.54) is 13.2 Å². The molecule has 0 unspecified atom stereocenters. The Kier molecular flexibility index (Phi) is 6.15. The molecule has 1 aromatic carbocycles. The minimum Gasteiger partial charge on any atom is -0.494 e. The van der Waals surface area contributed by atoms with Gasteiger partial charge in [0.1, 0.15) is 5.69 Å². The fourth-order valence-electron chi connectivity index (χ4n) is 3.49. The Morgan fingerprint density at radius 2 is 2.09 bits per heavy atom. The summed E-state index contributed by atoms with van der Waals surface area (Å²) < 4.78 is 34.7. The predicted molar refractivity (Wildman–Crippen MR) is 123 cm³/mol. The average molecular weight is 476 g/mol. The minimum atomic E-state index is -2.69. The van der Waals surface area contributed by atoms with E-state index < -0.39 is 12.9 Å². The predicted octanol–water partition coefficient (Wildman–Crippen LogP) is 1.83. The molecule has 1 aliphatic heterocycles. The molecule has 0 radical (unpaired) electrons. The van der Waals surface area contributed by atoms with Crippen LogP contribution in [0.2, 0.25) is 5.15 Å². The van der Waals surface area contributed by atoms with Crippen molar-refractivity contribution in [2.45, 2.75) is 6.54 Å². The summed E-state index contributed by atoms with van der Waals surface area (Å²) in [5.41, 5.74) is 1.66. The molecule has 0 bridgehead atoms. The highest BCUT2D eigenvalue weighted by molar-refractivity contribution is 6.29. The summed E-state index contributed by atoms with van der Waals surface area (Å²) in [4.78, 5) is 14.8. The molecule has 3 aromatic rings. The van der Waals surface area contributed by atoms with Crippen LogP contribution in [0.5, 0.6) is 5.75 Å². The lowest BCUT2D eigenvalue weighted by atomic mass is 10.1. The zero-order valence-electron chi connectivity index (χ0n) is 20.9. The molecular formula is C21H25ClN8O3. The number of benzene rings is 1. The number of para-hydroxylation sites is 1. The van der Waals surface area contributed by atoms with Crippen molar-refractivity contribution >= 4 is 28.9 Å². The van der Waals surface area contributed by atoms with Gasteiger partial charge in [0.05, 0.1) is 44.4 Å². The minimum absolute atomic E-state index is 0.0151. The Hall–Kier alpha value is -3.28. The molecule has 3 heterocycles. The van der Waals surface area contributed by atoms with E-state index in [-0.39, 0.29) is 16.5 Å². The van der Waals surface area contributed by atoms with E-state index in [1.807, 2.05) is 17.6 Å². The number of methoxy groups -OCH3 is 1. The molecule has 0 aliphatic carbocycles. The molecule has 33 heavy (non-hydrogen) atoms. The van der Waals surface area contributed by atoms with Crippen molar-refractivity contribution in [2.75, 3.05) is 52.3 Å². The standard InChI is InChI=1S/C21H25ClN8O3/c1-23-21(31)19-16(12-18(22)26-27-19)24-15-5-3-4-14(20(15)32-2)17-13-30(28-25-17)7-6-29-8-10-33-11-9-29/h3-5,12-13H,6-11H2,1-2H3,(H,23,31)(H,24,26)/i1D3. The first-order valence-corrected chi connectivity index (χ1v) is 10.6. The summed E-state index contributed by atoms with van der Waals surface area (Å²) in [6.45, 7) is 2.07. The Morgan fingerprint density at radius 1 is 1.24 bits per heavy atom. The number of hydrogen-bond acceptors (Lipinski definition) is 9. The van der Waals surface area contributed by atoms with E-state index in [0.29, 0.717) is 29.2 Å². The lowest BCUT2D eigenvalue weighted by Crippen LogP contribution is -2.38. The van der Waals surface area contributed by atoms with Crippen LogP contribution in [-0.2, 0) is 11.3 Å². The smallest absolute Gasteiger partial charge is 0.273 e. The topological polar surface area (TPSA) is 119 Å².